The average molecular weight is 319 g/mol. The Morgan fingerprint density at radius 1 is 1.27 bits per heavy atom. The van der Waals surface area contributed by atoms with Gasteiger partial charge in [0.05, 0.1) is 11.0 Å². The highest BCUT2D eigenvalue weighted by atomic mass is 32.1. The van der Waals surface area contributed by atoms with Gasteiger partial charge in [0.2, 0.25) is 0 Å². The van der Waals surface area contributed by atoms with E-state index in [4.69, 9.17) is 0 Å². The van der Waals surface area contributed by atoms with Gasteiger partial charge in [0.25, 0.3) is 5.69 Å². The molecule has 0 saturated heterocycles. The SMILES string of the molecule is CC(C)[C@H](NC(=O)Nc1cccc([N+](=O)[O-])c1)c1cccs1. The van der Waals surface area contributed by atoms with Crippen LogP contribution < -0.4 is 10.6 Å². The maximum Gasteiger partial charge on any atom is 0.319 e. The highest BCUT2D eigenvalue weighted by molar-refractivity contribution is 7.10. The second-order valence-electron chi connectivity index (χ2n) is 5.14. The molecule has 0 saturated carbocycles. The molecule has 0 aliphatic rings. The molecular formula is C15H17N3O3S. The molecule has 0 aliphatic heterocycles. The summed E-state index contributed by atoms with van der Waals surface area (Å²) in [4.78, 5) is 23.4. The number of urea groups is 1. The third-order valence-electron chi connectivity index (χ3n) is 3.12. The summed E-state index contributed by atoms with van der Waals surface area (Å²) in [5, 5.41) is 18.2. The minimum Gasteiger partial charge on any atom is -0.330 e. The first kappa shape index (κ1) is 16.0. The second-order valence-corrected chi connectivity index (χ2v) is 6.12. The third kappa shape index (κ3) is 4.05. The fourth-order valence-electron chi connectivity index (χ4n) is 2.04. The Kier molecular flexibility index (Phi) is 5.11. The summed E-state index contributed by atoms with van der Waals surface area (Å²) in [5.74, 6) is 0.231. The van der Waals surface area contributed by atoms with Gasteiger partial charge in [0.1, 0.15) is 0 Å². The fourth-order valence-corrected chi connectivity index (χ4v) is 2.99. The first-order valence-corrected chi connectivity index (χ1v) is 7.70. The summed E-state index contributed by atoms with van der Waals surface area (Å²) in [6, 6.07) is 9.29. The summed E-state index contributed by atoms with van der Waals surface area (Å²) in [5.41, 5.74) is 0.330. The molecule has 0 aliphatic carbocycles. The van der Waals surface area contributed by atoms with Crippen LogP contribution in [0.2, 0.25) is 0 Å². The normalized spacial score (nSPS) is 12.0. The Labute approximate surface area is 132 Å². The van der Waals surface area contributed by atoms with E-state index in [2.05, 4.69) is 10.6 Å². The van der Waals surface area contributed by atoms with Crippen LogP contribution in [0.3, 0.4) is 0 Å². The largest absolute Gasteiger partial charge is 0.330 e. The van der Waals surface area contributed by atoms with Crippen LogP contribution in [0.25, 0.3) is 0 Å². The molecule has 1 aromatic heterocycles. The highest BCUT2D eigenvalue weighted by Gasteiger charge is 2.19. The van der Waals surface area contributed by atoms with Gasteiger partial charge in [-0.05, 0) is 23.4 Å². The third-order valence-corrected chi connectivity index (χ3v) is 4.07. The number of nitro benzene ring substituents is 1. The zero-order valence-corrected chi connectivity index (χ0v) is 13.1. The van der Waals surface area contributed by atoms with Gasteiger partial charge in [0, 0.05) is 22.7 Å². The Balaban J connectivity index is 2.05. The molecule has 0 fully saturated rings. The fraction of sp³-hybridized carbons (Fsp3) is 0.267. The van der Waals surface area contributed by atoms with Crippen LogP contribution >= 0.6 is 11.3 Å². The molecule has 0 spiro atoms. The number of rotatable bonds is 5. The van der Waals surface area contributed by atoms with Crippen LogP contribution in [0.1, 0.15) is 24.8 Å². The van der Waals surface area contributed by atoms with E-state index in [0.29, 0.717) is 5.69 Å². The highest BCUT2D eigenvalue weighted by Crippen LogP contribution is 2.26. The summed E-state index contributed by atoms with van der Waals surface area (Å²) in [6.45, 7) is 4.05. The Bertz CT molecular complexity index is 656. The summed E-state index contributed by atoms with van der Waals surface area (Å²) in [6.07, 6.45) is 0. The van der Waals surface area contributed by atoms with Gasteiger partial charge in [0.15, 0.2) is 0 Å². The molecular weight excluding hydrogens is 302 g/mol. The first-order chi connectivity index (χ1) is 10.5. The van der Waals surface area contributed by atoms with Crippen LogP contribution in [-0.2, 0) is 0 Å². The molecule has 6 nitrogen and oxygen atoms in total. The molecule has 0 radical (unpaired) electrons. The van der Waals surface area contributed by atoms with Gasteiger partial charge < -0.3 is 10.6 Å². The lowest BCUT2D eigenvalue weighted by molar-refractivity contribution is -0.384. The molecule has 116 valence electrons. The number of carbonyl (C=O) groups excluding carboxylic acids is 1. The maximum absolute atomic E-state index is 12.1. The van der Waals surface area contributed by atoms with Gasteiger partial charge in [-0.3, -0.25) is 10.1 Å². The molecule has 0 unspecified atom stereocenters. The van der Waals surface area contributed by atoms with E-state index in [1.807, 2.05) is 31.4 Å². The van der Waals surface area contributed by atoms with Crippen molar-refractivity contribution in [3.05, 3.63) is 56.8 Å². The number of benzene rings is 1. The lowest BCUT2D eigenvalue weighted by Gasteiger charge is -2.21. The van der Waals surface area contributed by atoms with E-state index in [1.54, 1.807) is 17.4 Å². The molecule has 2 N–H and O–H groups in total. The number of nitrogens with zero attached hydrogens (tertiary/aromatic N) is 1. The van der Waals surface area contributed by atoms with Crippen molar-refractivity contribution < 1.29 is 9.72 Å². The van der Waals surface area contributed by atoms with Crippen LogP contribution in [0.5, 0.6) is 0 Å². The predicted molar refractivity (Wildman–Crippen MR) is 87.1 cm³/mol. The number of hydrogen-bond donors (Lipinski definition) is 2. The van der Waals surface area contributed by atoms with Crippen molar-refractivity contribution in [2.75, 3.05) is 5.32 Å². The van der Waals surface area contributed by atoms with Crippen LogP contribution in [-0.4, -0.2) is 11.0 Å². The lowest BCUT2D eigenvalue weighted by atomic mass is 10.0. The first-order valence-electron chi connectivity index (χ1n) is 6.82. The monoisotopic (exact) mass is 319 g/mol. The average Bonchev–Trinajstić information content (AvgIpc) is 2.98. The molecule has 1 heterocycles. The smallest absolute Gasteiger partial charge is 0.319 e. The standard InChI is InChI=1S/C15H17N3O3S/c1-10(2)14(13-7-4-8-22-13)17-15(19)16-11-5-3-6-12(9-11)18(20)21/h3-10,14H,1-2H3,(H2,16,17,19)/t14-/m0/s1. The van der Waals surface area contributed by atoms with Gasteiger partial charge in [-0.1, -0.05) is 26.0 Å². The van der Waals surface area contributed by atoms with Crippen molar-refractivity contribution in [2.45, 2.75) is 19.9 Å². The number of nitrogens with one attached hydrogen (secondary N) is 2. The number of amides is 2. The van der Waals surface area contributed by atoms with Crippen molar-refractivity contribution in [2.24, 2.45) is 5.92 Å². The van der Waals surface area contributed by atoms with Crippen LogP contribution in [0.15, 0.2) is 41.8 Å². The summed E-state index contributed by atoms with van der Waals surface area (Å²) in [7, 11) is 0. The number of non-ortho nitro benzene ring substituents is 1. The number of thiophene rings is 1. The Morgan fingerprint density at radius 2 is 2.05 bits per heavy atom. The number of nitro groups is 1. The van der Waals surface area contributed by atoms with E-state index in [-0.39, 0.29) is 23.7 Å². The van der Waals surface area contributed by atoms with E-state index in [9.17, 15) is 14.9 Å². The van der Waals surface area contributed by atoms with Gasteiger partial charge >= 0.3 is 6.03 Å². The van der Waals surface area contributed by atoms with Crippen molar-refractivity contribution in [3.8, 4) is 0 Å². The summed E-state index contributed by atoms with van der Waals surface area (Å²) >= 11 is 1.58. The number of anilines is 1. The molecule has 22 heavy (non-hydrogen) atoms. The summed E-state index contributed by atoms with van der Waals surface area (Å²) < 4.78 is 0. The van der Waals surface area contributed by atoms with Gasteiger partial charge in [-0.15, -0.1) is 11.3 Å². The minimum absolute atomic E-state index is 0.0588. The van der Waals surface area contributed by atoms with E-state index < -0.39 is 4.92 Å². The predicted octanol–water partition coefficient (Wildman–Crippen LogP) is 4.18. The van der Waals surface area contributed by atoms with Crippen molar-refractivity contribution in [1.29, 1.82) is 0 Å². The molecule has 2 aromatic rings. The molecule has 1 aromatic carbocycles. The topological polar surface area (TPSA) is 84.3 Å². The van der Waals surface area contributed by atoms with Crippen molar-refractivity contribution in [1.82, 2.24) is 5.32 Å². The maximum atomic E-state index is 12.1. The zero-order valence-electron chi connectivity index (χ0n) is 12.3. The zero-order chi connectivity index (χ0) is 16.1. The van der Waals surface area contributed by atoms with Gasteiger partial charge in [-0.25, -0.2) is 4.79 Å². The van der Waals surface area contributed by atoms with Crippen molar-refractivity contribution >= 4 is 28.7 Å². The van der Waals surface area contributed by atoms with E-state index in [1.165, 1.54) is 18.2 Å². The minimum atomic E-state index is -0.494. The number of hydrogen-bond acceptors (Lipinski definition) is 4. The number of carbonyl (C=O) groups is 1. The Morgan fingerprint density at radius 3 is 2.64 bits per heavy atom. The van der Waals surface area contributed by atoms with Crippen molar-refractivity contribution in [3.63, 3.8) is 0 Å². The molecule has 7 heteroatoms. The molecule has 2 amide bonds. The molecule has 1 atom stereocenters. The molecule has 0 bridgehead atoms. The molecule has 2 rings (SSSR count). The van der Waals surface area contributed by atoms with Crippen LogP contribution in [0.4, 0.5) is 16.2 Å². The van der Waals surface area contributed by atoms with E-state index in [0.717, 1.165) is 4.88 Å². The Hall–Kier alpha value is -2.41. The second kappa shape index (κ2) is 7.04. The quantitative estimate of drug-likeness (QED) is 0.640. The lowest BCUT2D eigenvalue weighted by Crippen LogP contribution is -2.34. The van der Waals surface area contributed by atoms with E-state index >= 15 is 0 Å². The van der Waals surface area contributed by atoms with Gasteiger partial charge in [-0.2, -0.15) is 0 Å². The van der Waals surface area contributed by atoms with Crippen LogP contribution in [0, 0.1) is 16.0 Å².